The standard InChI is InChI=1S/C17H21N3O6S2/c1-27(22,23)20-10-8-19(9-11-20)17(21)14-4-6-16(7-5-14)28(24,25)18-13-15-3-2-12-26-15/h2-7,12,18H,8-11,13H2,1H3. The molecular weight excluding hydrogens is 406 g/mol. The van der Waals surface area contributed by atoms with Crippen molar-refractivity contribution in [3.63, 3.8) is 0 Å². The number of furan rings is 1. The number of hydrogen-bond donors (Lipinski definition) is 1. The average Bonchev–Trinajstić information content (AvgIpc) is 3.19. The van der Waals surface area contributed by atoms with Gasteiger partial charge in [0.15, 0.2) is 0 Å². The lowest BCUT2D eigenvalue weighted by atomic mass is 10.2. The van der Waals surface area contributed by atoms with Gasteiger partial charge in [-0.2, -0.15) is 4.31 Å². The van der Waals surface area contributed by atoms with E-state index in [0.717, 1.165) is 6.26 Å². The predicted octanol–water partition coefficient (Wildman–Crippen LogP) is 0.476. The normalized spacial score (nSPS) is 16.2. The van der Waals surface area contributed by atoms with Crippen LogP contribution in [0, 0.1) is 0 Å². The average molecular weight is 428 g/mol. The second-order valence-corrected chi connectivity index (χ2v) is 10.1. The largest absolute Gasteiger partial charge is 0.468 e. The van der Waals surface area contributed by atoms with E-state index in [-0.39, 0.29) is 43.5 Å². The van der Waals surface area contributed by atoms with Crippen molar-refractivity contribution in [2.45, 2.75) is 11.4 Å². The quantitative estimate of drug-likeness (QED) is 0.716. The van der Waals surface area contributed by atoms with Crippen LogP contribution in [-0.4, -0.2) is 64.4 Å². The van der Waals surface area contributed by atoms with Crippen molar-refractivity contribution < 1.29 is 26.0 Å². The van der Waals surface area contributed by atoms with Crippen LogP contribution >= 0.6 is 0 Å². The SMILES string of the molecule is CS(=O)(=O)N1CCN(C(=O)c2ccc(S(=O)(=O)NCc3ccco3)cc2)CC1. The van der Waals surface area contributed by atoms with Crippen LogP contribution in [0.25, 0.3) is 0 Å². The molecule has 0 unspecified atom stereocenters. The lowest BCUT2D eigenvalue weighted by molar-refractivity contribution is 0.0698. The van der Waals surface area contributed by atoms with Gasteiger partial charge in [0.05, 0.1) is 24.0 Å². The fourth-order valence-corrected chi connectivity index (χ4v) is 4.66. The van der Waals surface area contributed by atoms with Crippen LogP contribution in [0.5, 0.6) is 0 Å². The van der Waals surface area contributed by atoms with Gasteiger partial charge in [0.1, 0.15) is 5.76 Å². The van der Waals surface area contributed by atoms with Crippen LogP contribution in [0.4, 0.5) is 0 Å². The first-order valence-corrected chi connectivity index (χ1v) is 11.9. The van der Waals surface area contributed by atoms with Gasteiger partial charge in [0.25, 0.3) is 5.91 Å². The molecule has 0 saturated carbocycles. The molecule has 2 aromatic rings. The van der Waals surface area contributed by atoms with E-state index in [1.807, 2.05) is 0 Å². The number of nitrogens with one attached hydrogen (secondary N) is 1. The first-order valence-electron chi connectivity index (χ1n) is 8.53. The monoisotopic (exact) mass is 427 g/mol. The summed E-state index contributed by atoms with van der Waals surface area (Å²) in [5.74, 6) is 0.226. The van der Waals surface area contributed by atoms with Crippen LogP contribution in [0.2, 0.25) is 0 Å². The van der Waals surface area contributed by atoms with Gasteiger partial charge >= 0.3 is 0 Å². The Hall–Kier alpha value is -2.21. The molecule has 1 N–H and O–H groups in total. The summed E-state index contributed by atoms with van der Waals surface area (Å²) in [7, 11) is -7.00. The van der Waals surface area contributed by atoms with Gasteiger partial charge in [0, 0.05) is 31.7 Å². The Morgan fingerprint density at radius 1 is 1.04 bits per heavy atom. The number of amides is 1. The number of rotatable bonds is 6. The molecule has 0 radical (unpaired) electrons. The second kappa shape index (κ2) is 8.03. The highest BCUT2D eigenvalue weighted by molar-refractivity contribution is 7.89. The Labute approximate surface area is 164 Å². The van der Waals surface area contributed by atoms with E-state index in [1.54, 1.807) is 17.0 Å². The molecule has 0 spiro atoms. The summed E-state index contributed by atoms with van der Waals surface area (Å²) in [5.41, 5.74) is 0.345. The highest BCUT2D eigenvalue weighted by Gasteiger charge is 2.26. The Balaban J connectivity index is 1.63. The number of hydrogen-bond acceptors (Lipinski definition) is 6. The van der Waals surface area contributed by atoms with Crippen molar-refractivity contribution >= 4 is 26.0 Å². The molecule has 2 heterocycles. The molecule has 1 amide bonds. The number of carbonyl (C=O) groups is 1. The van der Waals surface area contributed by atoms with Crippen molar-refractivity contribution in [3.05, 3.63) is 54.0 Å². The fraction of sp³-hybridized carbons (Fsp3) is 0.353. The van der Waals surface area contributed by atoms with E-state index in [1.165, 1.54) is 34.8 Å². The smallest absolute Gasteiger partial charge is 0.253 e. The van der Waals surface area contributed by atoms with E-state index in [0.29, 0.717) is 11.3 Å². The van der Waals surface area contributed by atoms with Crippen LogP contribution in [0.1, 0.15) is 16.1 Å². The van der Waals surface area contributed by atoms with E-state index in [9.17, 15) is 21.6 Å². The first kappa shape index (κ1) is 20.5. The number of benzene rings is 1. The van der Waals surface area contributed by atoms with Gasteiger partial charge in [-0.1, -0.05) is 0 Å². The maximum atomic E-state index is 12.6. The molecular formula is C17H21N3O6S2. The molecule has 0 aliphatic carbocycles. The highest BCUT2D eigenvalue weighted by atomic mass is 32.2. The molecule has 28 heavy (non-hydrogen) atoms. The summed E-state index contributed by atoms with van der Waals surface area (Å²) in [5, 5.41) is 0. The summed E-state index contributed by atoms with van der Waals surface area (Å²) in [6, 6.07) is 8.96. The van der Waals surface area contributed by atoms with Crippen molar-refractivity contribution in [2.24, 2.45) is 0 Å². The summed E-state index contributed by atoms with van der Waals surface area (Å²) in [6.07, 6.45) is 2.60. The van der Waals surface area contributed by atoms with E-state index < -0.39 is 20.0 Å². The van der Waals surface area contributed by atoms with Gasteiger partial charge in [0.2, 0.25) is 20.0 Å². The summed E-state index contributed by atoms with van der Waals surface area (Å²) >= 11 is 0. The van der Waals surface area contributed by atoms with Crippen molar-refractivity contribution in [2.75, 3.05) is 32.4 Å². The maximum absolute atomic E-state index is 12.6. The molecule has 9 nitrogen and oxygen atoms in total. The molecule has 11 heteroatoms. The third kappa shape index (κ3) is 4.79. The number of carbonyl (C=O) groups excluding carboxylic acids is 1. The fourth-order valence-electron chi connectivity index (χ4n) is 2.84. The van der Waals surface area contributed by atoms with E-state index in [4.69, 9.17) is 4.42 Å². The van der Waals surface area contributed by atoms with Crippen molar-refractivity contribution in [3.8, 4) is 0 Å². The summed E-state index contributed by atoms with van der Waals surface area (Å²) < 4.78 is 56.6. The van der Waals surface area contributed by atoms with Crippen molar-refractivity contribution in [1.82, 2.24) is 13.9 Å². The minimum atomic E-state index is -3.74. The van der Waals surface area contributed by atoms with Gasteiger partial charge in [-0.05, 0) is 36.4 Å². The first-order chi connectivity index (χ1) is 13.2. The third-order valence-corrected chi connectivity index (χ3v) is 7.14. The molecule has 1 aromatic heterocycles. The van der Waals surface area contributed by atoms with Crippen molar-refractivity contribution in [1.29, 1.82) is 0 Å². The topological polar surface area (TPSA) is 117 Å². The molecule has 3 rings (SSSR count). The summed E-state index contributed by atoms with van der Waals surface area (Å²) in [6.45, 7) is 1.09. The predicted molar refractivity (Wildman–Crippen MR) is 101 cm³/mol. The van der Waals surface area contributed by atoms with Crippen LogP contribution in [-0.2, 0) is 26.6 Å². The number of piperazine rings is 1. The lowest BCUT2D eigenvalue weighted by Crippen LogP contribution is -2.50. The molecule has 1 aliphatic rings. The zero-order chi connectivity index (χ0) is 20.4. The molecule has 1 fully saturated rings. The van der Waals surface area contributed by atoms with Crippen LogP contribution < -0.4 is 4.72 Å². The third-order valence-electron chi connectivity index (χ3n) is 4.42. The van der Waals surface area contributed by atoms with E-state index >= 15 is 0 Å². The molecule has 152 valence electrons. The van der Waals surface area contributed by atoms with Crippen LogP contribution in [0.15, 0.2) is 52.0 Å². The highest BCUT2D eigenvalue weighted by Crippen LogP contribution is 2.15. The molecule has 0 atom stereocenters. The van der Waals surface area contributed by atoms with Gasteiger partial charge < -0.3 is 9.32 Å². The van der Waals surface area contributed by atoms with Crippen LogP contribution in [0.3, 0.4) is 0 Å². The minimum absolute atomic E-state index is 0.0284. The Morgan fingerprint density at radius 3 is 2.21 bits per heavy atom. The maximum Gasteiger partial charge on any atom is 0.253 e. The number of sulfonamides is 2. The van der Waals surface area contributed by atoms with Gasteiger partial charge in [-0.15, -0.1) is 0 Å². The molecule has 1 aliphatic heterocycles. The molecule has 0 bridgehead atoms. The van der Waals surface area contributed by atoms with Gasteiger partial charge in [-0.3, -0.25) is 4.79 Å². The Morgan fingerprint density at radius 2 is 1.68 bits per heavy atom. The van der Waals surface area contributed by atoms with Gasteiger partial charge in [-0.25, -0.2) is 21.6 Å². The zero-order valence-electron chi connectivity index (χ0n) is 15.2. The summed E-state index contributed by atoms with van der Waals surface area (Å²) in [4.78, 5) is 14.2. The number of nitrogens with zero attached hydrogens (tertiary/aromatic N) is 2. The van der Waals surface area contributed by atoms with E-state index in [2.05, 4.69) is 4.72 Å². The second-order valence-electron chi connectivity index (χ2n) is 6.38. The lowest BCUT2D eigenvalue weighted by Gasteiger charge is -2.33. The molecule has 1 aromatic carbocycles. The Bertz CT molecular complexity index is 1020. The zero-order valence-corrected chi connectivity index (χ0v) is 16.9. The minimum Gasteiger partial charge on any atom is -0.468 e. The Kier molecular flexibility index (Phi) is 5.89. The molecule has 1 saturated heterocycles.